The minimum atomic E-state index is -2.20. The maximum Gasteiger partial charge on any atom is 0.327 e. The minimum Gasteiger partial charge on any atom is -0.481 e. The van der Waals surface area contributed by atoms with Crippen molar-refractivity contribution in [1.29, 1.82) is 0 Å². The Kier molecular flexibility index (Phi) is 41.7. The van der Waals surface area contributed by atoms with Crippen LogP contribution in [0.4, 0.5) is 0 Å². The highest BCUT2D eigenvalue weighted by molar-refractivity contribution is 7.80. The van der Waals surface area contributed by atoms with Gasteiger partial charge in [0.2, 0.25) is 59.6 Å². The first-order chi connectivity index (χ1) is 46.0. The smallest absolute Gasteiger partial charge is 0.327 e. The average molecular weight is 1430 g/mol. The van der Waals surface area contributed by atoms with Gasteiger partial charge in [-0.15, -0.1) is 0 Å². The van der Waals surface area contributed by atoms with Gasteiger partial charge < -0.3 is 145 Å². The predicted octanol–water partition coefficient (Wildman–Crippen LogP) is -13.9. The van der Waals surface area contributed by atoms with Gasteiger partial charge in [0.25, 0.3) is 0 Å². The second kappa shape index (κ2) is 46.4. The fourth-order valence-electron chi connectivity index (χ4n) is 8.59. The van der Waals surface area contributed by atoms with Crippen molar-refractivity contribution in [3.8, 4) is 0 Å². The molecule has 0 aliphatic carbocycles. The van der Waals surface area contributed by atoms with Crippen molar-refractivity contribution >= 4 is 90.1 Å². The van der Waals surface area contributed by atoms with Crippen molar-refractivity contribution in [1.82, 2.24) is 53.2 Å². The van der Waals surface area contributed by atoms with Gasteiger partial charge in [0.1, 0.15) is 91.2 Å². The van der Waals surface area contributed by atoms with Crippen molar-refractivity contribution < 1.29 is 154 Å². The lowest BCUT2D eigenvalue weighted by Gasteiger charge is -2.28. The Morgan fingerprint density at radius 3 is 0.898 bits per heavy atom. The van der Waals surface area contributed by atoms with Crippen LogP contribution in [0.1, 0.15) is 75.3 Å². The third-order valence-electron chi connectivity index (χ3n) is 14.5. The largest absolute Gasteiger partial charge is 0.481 e. The van der Waals surface area contributed by atoms with E-state index in [4.69, 9.17) is 15.3 Å². The summed E-state index contributed by atoms with van der Waals surface area (Å²) >= 11 is 3.87. The first-order valence-electron chi connectivity index (χ1n) is 30.2. The summed E-state index contributed by atoms with van der Waals surface area (Å²) in [6, 6.07) is -5.89. The molecule has 1 aromatic carbocycles. The van der Waals surface area contributed by atoms with Crippen molar-refractivity contribution in [3.63, 3.8) is 0 Å². The fraction of sp³-hybridized carbons (Fsp3) is 0.661. The van der Waals surface area contributed by atoms with Crippen LogP contribution in [0.3, 0.4) is 0 Å². The number of thiol groups is 1. The Morgan fingerprint density at radius 2 is 0.633 bits per heavy atom. The van der Waals surface area contributed by atoms with Gasteiger partial charge in [0.05, 0.1) is 44.6 Å². The average Bonchev–Trinajstić information content (AvgIpc) is 0.919. The monoisotopic (exact) mass is 1430 g/mol. The molecule has 18 atom stereocenters. The predicted molar refractivity (Wildman–Crippen MR) is 330 cm³/mol. The number of hydrogen-bond acceptors (Lipinski definition) is 29. The van der Waals surface area contributed by atoms with Crippen LogP contribution in [-0.2, 0) is 75.3 Å². The first-order valence-corrected chi connectivity index (χ1v) is 30.8. The van der Waals surface area contributed by atoms with E-state index < -0.39 is 296 Å². The topological polar surface area (TPSA) is 706 Å². The molecule has 0 fully saturated rings. The van der Waals surface area contributed by atoms with Crippen LogP contribution < -0.4 is 53.2 Å². The molecule has 42 heteroatoms. The van der Waals surface area contributed by atoms with E-state index in [1.165, 1.54) is 12.1 Å². The summed E-state index contributed by atoms with van der Waals surface area (Å²) in [5.41, 5.74) is 0.937. The number of carboxylic acids is 3. The molecule has 1 rings (SSSR count). The van der Waals surface area contributed by atoms with Crippen LogP contribution in [0.25, 0.3) is 0 Å². The van der Waals surface area contributed by atoms with Gasteiger partial charge in [0, 0.05) is 64.0 Å². The van der Waals surface area contributed by atoms with E-state index >= 15 is 0 Å². The van der Waals surface area contributed by atoms with Gasteiger partial charge in [-0.1, -0.05) is 24.3 Å². The third-order valence-corrected chi connectivity index (χ3v) is 14.9. The Hall–Kier alpha value is -7.92. The molecule has 10 amide bonds. The molecule has 0 bridgehead atoms. The normalized spacial score (nSPS) is 16.9. The number of nitrogens with one attached hydrogen (secondary N) is 10. The standard InChI is InChI=1S/C56H90N10O31S/c67-20-36(74)48(88)45(85)33(71)17-58-39(77)10-5-27(61-42(80)15-25-1-3-26(4-2-25)16-57-24-70)51(91)64-30(8-13-43(81)82)53(93)62-28(6-11-40(78)59-18-34(72)46(86)49(89)37(75)21-68)52(92)65-31(9-14-44(83)84)54(94)63-29(55(95)66-32(23-98)56(96)97)7-12-41(79)60-19-35(73)47(87)50(90)38(76)22-69/h1-4,24,27-38,45-50,67-69,71-76,85-90,98H,5-23H2,(H,57,70)(H,58,77)(H,59,78)(H,60,79)(H,61,80)(H,62,93)(H,63,94)(H,64,91)(H,65,92)(H,66,95)(H,81,82)(H,83,84)(H,96,97)/t27-,28-,29-,30+,31+,32+,33-,34-,35-,36+,37+,38+,45+,46+,47+,48+,49+,50+/m0/s1. The van der Waals surface area contributed by atoms with Crippen LogP contribution in [-0.4, -0.2) is 324 Å². The molecule has 0 aliphatic heterocycles. The number of rotatable bonds is 51. The van der Waals surface area contributed by atoms with E-state index in [1.54, 1.807) is 12.1 Å². The molecule has 0 unspecified atom stereocenters. The van der Waals surface area contributed by atoms with Crippen molar-refractivity contribution in [2.45, 2.75) is 187 Å². The molecule has 1 aromatic rings. The Bertz CT molecular complexity index is 2750. The number of aliphatic hydroxyl groups excluding tert-OH is 15. The molecular formula is C56H90N10O31S. The minimum absolute atomic E-state index is 0.109. The number of aliphatic hydroxyl groups is 15. The lowest BCUT2D eigenvalue weighted by Crippen LogP contribution is -2.60. The molecule has 0 spiro atoms. The molecule has 0 aromatic heterocycles. The number of amides is 10. The van der Waals surface area contributed by atoms with E-state index in [0.29, 0.717) is 17.5 Å². The molecule has 28 N–H and O–H groups in total. The zero-order chi connectivity index (χ0) is 74.5. The summed E-state index contributed by atoms with van der Waals surface area (Å²) in [7, 11) is 0. The SMILES string of the molecule is O=CNCc1ccc(CC(=O)N[C@@H](CCC(=O)NC[C@H](O)[C@@H](O)[C@H](O)[C@H](O)CO)C(=O)N[C@H](CCC(=O)O)C(=O)N[C@@H](CCC(=O)NC[C@H](O)[C@@H](O)[C@H](O)[C@H](O)CO)C(=O)N[C@H](CCC(=O)O)C(=O)N[C@@H](CCC(=O)NC[C@H](O)[C@@H](O)[C@H](O)[C@H](O)CO)C(=O)N[C@H](CS)C(=O)O)cc1. The van der Waals surface area contributed by atoms with Gasteiger partial charge in [-0.2, -0.15) is 12.6 Å². The van der Waals surface area contributed by atoms with Crippen LogP contribution in [0.15, 0.2) is 24.3 Å². The van der Waals surface area contributed by atoms with Gasteiger partial charge in [0.15, 0.2) is 0 Å². The van der Waals surface area contributed by atoms with Crippen LogP contribution in [0.5, 0.6) is 0 Å². The Morgan fingerprint density at radius 1 is 0.367 bits per heavy atom. The van der Waals surface area contributed by atoms with Crippen molar-refractivity contribution in [2.75, 3.05) is 45.2 Å². The zero-order valence-corrected chi connectivity index (χ0v) is 53.4. The molecule has 0 saturated heterocycles. The molecule has 0 aliphatic rings. The van der Waals surface area contributed by atoms with Gasteiger partial charge in [-0.25, -0.2) is 4.79 Å². The number of carbonyl (C=O) groups excluding carboxylic acids is 10. The highest BCUT2D eigenvalue weighted by Gasteiger charge is 2.37. The number of hydrogen-bond donors (Lipinski definition) is 29. The maximum atomic E-state index is 14.5. The van der Waals surface area contributed by atoms with Crippen LogP contribution in [0.2, 0.25) is 0 Å². The lowest BCUT2D eigenvalue weighted by atomic mass is 10.0. The molecule has 0 heterocycles. The van der Waals surface area contributed by atoms with E-state index in [-0.39, 0.29) is 6.54 Å². The summed E-state index contributed by atoms with van der Waals surface area (Å²) in [4.78, 5) is 171. The molecule has 556 valence electrons. The van der Waals surface area contributed by atoms with Gasteiger partial charge in [-0.05, 0) is 43.2 Å². The van der Waals surface area contributed by atoms with Gasteiger partial charge in [-0.3, -0.25) is 57.5 Å². The third kappa shape index (κ3) is 33.1. The Labute approximate surface area is 563 Å². The van der Waals surface area contributed by atoms with Crippen molar-refractivity contribution in [2.24, 2.45) is 0 Å². The Balaban J connectivity index is 3.89. The summed E-state index contributed by atoms with van der Waals surface area (Å²) in [5, 5.41) is 199. The first kappa shape index (κ1) is 88.1. The quantitative estimate of drug-likeness (QED) is 0.0213. The molecule has 98 heavy (non-hydrogen) atoms. The molecular weight excluding hydrogens is 1340 g/mol. The summed E-state index contributed by atoms with van der Waals surface area (Å²) in [5.74, 6) is -16.6. The number of aliphatic carboxylic acids is 3. The van der Waals surface area contributed by atoms with Crippen LogP contribution >= 0.6 is 12.6 Å². The second-order valence-electron chi connectivity index (χ2n) is 22.2. The fourth-order valence-corrected chi connectivity index (χ4v) is 8.84. The number of benzene rings is 1. The van der Waals surface area contributed by atoms with E-state index in [0.717, 1.165) is 0 Å². The van der Waals surface area contributed by atoms with Gasteiger partial charge >= 0.3 is 17.9 Å². The van der Waals surface area contributed by atoms with E-state index in [9.17, 15) is 139 Å². The summed E-state index contributed by atoms with van der Waals surface area (Å²) < 4.78 is 0. The second-order valence-corrected chi connectivity index (χ2v) is 22.6. The van der Waals surface area contributed by atoms with E-state index in [1.807, 2.05) is 5.32 Å². The van der Waals surface area contributed by atoms with Crippen LogP contribution in [0, 0.1) is 0 Å². The maximum absolute atomic E-state index is 14.5. The molecule has 41 nitrogen and oxygen atoms in total. The highest BCUT2D eigenvalue weighted by Crippen LogP contribution is 2.13. The number of carbonyl (C=O) groups is 13. The summed E-state index contributed by atoms with van der Waals surface area (Å²) in [6.07, 6.45) is -33.1. The zero-order valence-electron chi connectivity index (χ0n) is 52.5. The lowest BCUT2D eigenvalue weighted by molar-refractivity contribution is -0.142. The number of carboxylic acid groups (broad SMARTS) is 3. The summed E-state index contributed by atoms with van der Waals surface area (Å²) in [6.45, 7) is -5.59. The molecule has 0 saturated carbocycles. The highest BCUT2D eigenvalue weighted by atomic mass is 32.1. The van der Waals surface area contributed by atoms with E-state index in [2.05, 4.69) is 60.5 Å². The van der Waals surface area contributed by atoms with Crippen molar-refractivity contribution in [3.05, 3.63) is 35.4 Å². The molecule has 0 radical (unpaired) electrons.